The fourth-order valence-corrected chi connectivity index (χ4v) is 3.51. The van der Waals surface area contributed by atoms with Gasteiger partial charge in [-0.2, -0.15) is 0 Å². The van der Waals surface area contributed by atoms with Crippen LogP contribution in [-0.4, -0.2) is 47.2 Å². The maximum Gasteiger partial charge on any atom is 0.407 e. The lowest BCUT2D eigenvalue weighted by Gasteiger charge is -2.45. The second-order valence-electron chi connectivity index (χ2n) is 5.83. The van der Waals surface area contributed by atoms with Crippen molar-refractivity contribution in [3.8, 4) is 0 Å². The van der Waals surface area contributed by atoms with Crippen molar-refractivity contribution in [2.24, 2.45) is 11.8 Å². The van der Waals surface area contributed by atoms with Gasteiger partial charge in [0.1, 0.15) is 0 Å². The SMILES string of the molecule is O=C(O)N1CC2CC(CN(Cc3ccccc3)C2)C1. The minimum atomic E-state index is -0.758. The Morgan fingerprint density at radius 3 is 2.32 bits per heavy atom. The van der Waals surface area contributed by atoms with Crippen molar-refractivity contribution in [2.75, 3.05) is 26.2 Å². The van der Waals surface area contributed by atoms with Crippen molar-refractivity contribution in [3.05, 3.63) is 35.9 Å². The number of hydrogen-bond donors (Lipinski definition) is 1. The quantitative estimate of drug-likeness (QED) is 0.885. The van der Waals surface area contributed by atoms with Gasteiger partial charge in [-0.05, 0) is 23.8 Å². The smallest absolute Gasteiger partial charge is 0.407 e. The lowest BCUT2D eigenvalue weighted by Crippen LogP contribution is -2.53. The van der Waals surface area contributed by atoms with Gasteiger partial charge in [0.25, 0.3) is 0 Å². The molecule has 19 heavy (non-hydrogen) atoms. The summed E-state index contributed by atoms with van der Waals surface area (Å²) in [5, 5.41) is 9.11. The summed E-state index contributed by atoms with van der Waals surface area (Å²) in [6.07, 6.45) is 0.431. The molecule has 0 spiro atoms. The van der Waals surface area contributed by atoms with Crippen LogP contribution in [0.25, 0.3) is 0 Å². The van der Waals surface area contributed by atoms with Gasteiger partial charge < -0.3 is 10.0 Å². The summed E-state index contributed by atoms with van der Waals surface area (Å²) in [7, 11) is 0. The Labute approximate surface area is 113 Å². The first-order valence-corrected chi connectivity index (χ1v) is 6.95. The van der Waals surface area contributed by atoms with Crippen LogP contribution in [0.4, 0.5) is 4.79 Å². The topological polar surface area (TPSA) is 43.8 Å². The summed E-state index contributed by atoms with van der Waals surface area (Å²) < 4.78 is 0. The van der Waals surface area contributed by atoms with Crippen molar-refractivity contribution in [1.82, 2.24) is 9.80 Å². The van der Waals surface area contributed by atoms with E-state index in [1.165, 1.54) is 12.0 Å². The van der Waals surface area contributed by atoms with Crippen molar-refractivity contribution in [2.45, 2.75) is 13.0 Å². The van der Waals surface area contributed by atoms with Crippen LogP contribution in [0.1, 0.15) is 12.0 Å². The van der Waals surface area contributed by atoms with Crippen LogP contribution in [0.15, 0.2) is 30.3 Å². The number of hydrogen-bond acceptors (Lipinski definition) is 2. The average molecular weight is 260 g/mol. The van der Waals surface area contributed by atoms with Gasteiger partial charge >= 0.3 is 6.09 Å². The van der Waals surface area contributed by atoms with E-state index in [4.69, 9.17) is 5.11 Å². The van der Waals surface area contributed by atoms with Crippen LogP contribution in [0, 0.1) is 11.8 Å². The molecule has 0 radical (unpaired) electrons. The third-order valence-corrected chi connectivity index (χ3v) is 4.18. The van der Waals surface area contributed by atoms with E-state index in [1.54, 1.807) is 4.90 Å². The molecule has 1 amide bonds. The Morgan fingerprint density at radius 2 is 1.74 bits per heavy atom. The average Bonchev–Trinajstić information content (AvgIpc) is 2.38. The Kier molecular flexibility index (Phi) is 3.42. The number of benzene rings is 1. The summed E-state index contributed by atoms with van der Waals surface area (Å²) >= 11 is 0. The normalized spacial score (nSPS) is 27.3. The number of likely N-dealkylation sites (tertiary alicyclic amines) is 2. The predicted octanol–water partition coefficient (Wildman–Crippen LogP) is 2.12. The Bertz CT molecular complexity index is 435. The summed E-state index contributed by atoms with van der Waals surface area (Å²) in [4.78, 5) is 15.1. The van der Waals surface area contributed by atoms with Gasteiger partial charge in [-0.1, -0.05) is 30.3 Å². The molecule has 2 saturated heterocycles. The monoisotopic (exact) mass is 260 g/mol. The van der Waals surface area contributed by atoms with Gasteiger partial charge in [-0.15, -0.1) is 0 Å². The first-order valence-electron chi connectivity index (χ1n) is 6.95. The molecule has 1 aromatic carbocycles. The summed E-state index contributed by atoms with van der Waals surface area (Å²) in [5.74, 6) is 1.01. The lowest BCUT2D eigenvalue weighted by atomic mass is 9.84. The lowest BCUT2D eigenvalue weighted by molar-refractivity contribution is 0.0303. The van der Waals surface area contributed by atoms with Gasteiger partial charge in [0.2, 0.25) is 0 Å². The molecule has 0 saturated carbocycles. The largest absolute Gasteiger partial charge is 0.465 e. The van der Waals surface area contributed by atoms with E-state index in [2.05, 4.69) is 29.2 Å². The minimum Gasteiger partial charge on any atom is -0.465 e. The van der Waals surface area contributed by atoms with Crippen molar-refractivity contribution in [3.63, 3.8) is 0 Å². The standard InChI is InChI=1S/C15H20N2O2/c18-15(19)17-10-13-6-14(11-17)9-16(8-13)7-12-4-2-1-3-5-12/h1-5,13-14H,6-11H2,(H,18,19). The zero-order valence-electron chi connectivity index (χ0n) is 11.0. The van der Waals surface area contributed by atoms with E-state index < -0.39 is 6.09 Å². The molecule has 2 aliphatic heterocycles. The summed E-state index contributed by atoms with van der Waals surface area (Å²) in [6.45, 7) is 4.44. The zero-order chi connectivity index (χ0) is 13.2. The molecule has 0 aromatic heterocycles. The highest BCUT2D eigenvalue weighted by Crippen LogP contribution is 2.29. The highest BCUT2D eigenvalue weighted by Gasteiger charge is 2.35. The van der Waals surface area contributed by atoms with Crippen LogP contribution in [0.3, 0.4) is 0 Å². The number of nitrogens with zero attached hydrogens (tertiary/aromatic N) is 2. The van der Waals surface area contributed by atoms with Gasteiger partial charge in [0.05, 0.1) is 0 Å². The molecule has 1 N–H and O–H groups in total. The molecular weight excluding hydrogens is 240 g/mol. The first-order chi connectivity index (χ1) is 9.20. The number of piperidine rings is 2. The molecule has 4 nitrogen and oxygen atoms in total. The van der Waals surface area contributed by atoms with E-state index in [0.29, 0.717) is 24.9 Å². The van der Waals surface area contributed by atoms with E-state index >= 15 is 0 Å². The molecule has 2 heterocycles. The highest BCUT2D eigenvalue weighted by molar-refractivity contribution is 5.65. The number of fused-ring (bicyclic) bond motifs is 2. The van der Waals surface area contributed by atoms with E-state index in [-0.39, 0.29) is 0 Å². The van der Waals surface area contributed by atoms with Gasteiger partial charge in [0.15, 0.2) is 0 Å². The molecule has 2 bridgehead atoms. The highest BCUT2D eigenvalue weighted by atomic mass is 16.4. The maximum atomic E-state index is 11.1. The molecule has 0 aliphatic carbocycles. The fourth-order valence-electron chi connectivity index (χ4n) is 3.51. The summed E-state index contributed by atoms with van der Waals surface area (Å²) in [5.41, 5.74) is 1.34. The zero-order valence-corrected chi connectivity index (χ0v) is 11.0. The summed E-state index contributed by atoms with van der Waals surface area (Å²) in [6, 6.07) is 10.5. The van der Waals surface area contributed by atoms with Crippen molar-refractivity contribution in [1.29, 1.82) is 0 Å². The third-order valence-electron chi connectivity index (χ3n) is 4.18. The molecule has 3 rings (SSSR count). The number of rotatable bonds is 2. The van der Waals surface area contributed by atoms with Crippen LogP contribution in [0.2, 0.25) is 0 Å². The number of carbonyl (C=O) groups is 1. The van der Waals surface area contributed by atoms with E-state index in [0.717, 1.165) is 19.6 Å². The number of amides is 1. The molecule has 102 valence electrons. The van der Waals surface area contributed by atoms with Crippen LogP contribution in [0.5, 0.6) is 0 Å². The van der Waals surface area contributed by atoms with Crippen molar-refractivity contribution < 1.29 is 9.90 Å². The molecule has 2 fully saturated rings. The van der Waals surface area contributed by atoms with Crippen LogP contribution in [-0.2, 0) is 6.54 Å². The minimum absolute atomic E-state index is 0.507. The molecule has 1 aromatic rings. The third kappa shape index (κ3) is 2.89. The fraction of sp³-hybridized carbons (Fsp3) is 0.533. The van der Waals surface area contributed by atoms with E-state index in [1.807, 2.05) is 6.07 Å². The number of carboxylic acid groups (broad SMARTS) is 1. The Hall–Kier alpha value is -1.55. The molecule has 2 atom stereocenters. The van der Waals surface area contributed by atoms with E-state index in [9.17, 15) is 4.79 Å². The maximum absolute atomic E-state index is 11.1. The predicted molar refractivity (Wildman–Crippen MR) is 72.9 cm³/mol. The molecule has 2 unspecified atom stereocenters. The Morgan fingerprint density at radius 1 is 1.11 bits per heavy atom. The second kappa shape index (κ2) is 5.21. The first kappa shape index (κ1) is 12.5. The van der Waals surface area contributed by atoms with Crippen molar-refractivity contribution >= 4 is 6.09 Å². The van der Waals surface area contributed by atoms with Crippen LogP contribution >= 0.6 is 0 Å². The second-order valence-corrected chi connectivity index (χ2v) is 5.83. The van der Waals surface area contributed by atoms with Crippen LogP contribution < -0.4 is 0 Å². The Balaban J connectivity index is 1.62. The van der Waals surface area contributed by atoms with Gasteiger partial charge in [0, 0.05) is 32.7 Å². The molecule has 2 aliphatic rings. The van der Waals surface area contributed by atoms with Gasteiger partial charge in [-0.25, -0.2) is 4.79 Å². The van der Waals surface area contributed by atoms with Gasteiger partial charge in [-0.3, -0.25) is 4.90 Å². The molecule has 4 heteroatoms. The molecular formula is C15H20N2O2.